The first kappa shape index (κ1) is 11.7. The molecule has 0 saturated carbocycles. The van der Waals surface area contributed by atoms with Gasteiger partial charge in [0.1, 0.15) is 0 Å². The smallest absolute Gasteiger partial charge is 0.0594 e. The van der Waals surface area contributed by atoms with Crippen LogP contribution in [0.1, 0.15) is 0 Å². The summed E-state index contributed by atoms with van der Waals surface area (Å²) in [6, 6.07) is 0. The Morgan fingerprint density at radius 3 is 1.53 bits per heavy atom. The fourth-order valence-corrected chi connectivity index (χ4v) is 2.87. The van der Waals surface area contributed by atoms with Crippen LogP contribution in [0.3, 0.4) is 0 Å². The van der Waals surface area contributed by atoms with Crippen molar-refractivity contribution < 1.29 is 9.47 Å². The third-order valence-electron chi connectivity index (χ3n) is 2.76. The van der Waals surface area contributed by atoms with E-state index >= 15 is 0 Å². The van der Waals surface area contributed by atoms with Crippen LogP contribution in [-0.4, -0.2) is 74.2 Å². The maximum atomic E-state index is 5.32. The number of thioether (sulfide) groups is 1. The Hall–Kier alpha value is 0.190. The van der Waals surface area contributed by atoms with E-state index in [9.17, 15) is 0 Å². The quantitative estimate of drug-likeness (QED) is 0.694. The van der Waals surface area contributed by atoms with E-state index in [0.29, 0.717) is 0 Å². The monoisotopic (exact) mass is 232 g/mol. The van der Waals surface area contributed by atoms with E-state index in [-0.39, 0.29) is 0 Å². The van der Waals surface area contributed by atoms with Crippen LogP contribution in [0.25, 0.3) is 0 Å². The first-order chi connectivity index (χ1) is 7.45. The van der Waals surface area contributed by atoms with Gasteiger partial charge in [-0.3, -0.25) is 9.80 Å². The summed E-state index contributed by atoms with van der Waals surface area (Å²) in [5.74, 6) is 2.28. The van der Waals surface area contributed by atoms with Crippen molar-refractivity contribution in [3.63, 3.8) is 0 Å². The van der Waals surface area contributed by atoms with E-state index in [2.05, 4.69) is 9.80 Å². The second-order valence-electron chi connectivity index (χ2n) is 3.92. The lowest BCUT2D eigenvalue weighted by atomic mass is 10.5. The summed E-state index contributed by atoms with van der Waals surface area (Å²) in [5.41, 5.74) is 0. The minimum Gasteiger partial charge on any atom is -0.379 e. The molecule has 0 aromatic rings. The lowest BCUT2D eigenvalue weighted by Gasteiger charge is -2.29. The summed E-state index contributed by atoms with van der Waals surface area (Å²) >= 11 is 2.01. The van der Waals surface area contributed by atoms with Crippen LogP contribution >= 0.6 is 11.8 Å². The molecular formula is C10H20N2O2S. The highest BCUT2D eigenvalue weighted by atomic mass is 32.2. The highest BCUT2D eigenvalue weighted by molar-refractivity contribution is 7.99. The Morgan fingerprint density at radius 1 is 0.733 bits per heavy atom. The molecule has 5 heteroatoms. The van der Waals surface area contributed by atoms with Crippen molar-refractivity contribution in [3.05, 3.63) is 0 Å². The van der Waals surface area contributed by atoms with Crippen molar-refractivity contribution in [3.8, 4) is 0 Å². The lowest BCUT2D eigenvalue weighted by Crippen LogP contribution is -2.38. The van der Waals surface area contributed by atoms with Crippen molar-refractivity contribution in [1.82, 2.24) is 9.80 Å². The van der Waals surface area contributed by atoms with Crippen LogP contribution < -0.4 is 0 Å². The minimum atomic E-state index is 0.901. The molecule has 0 bridgehead atoms. The van der Waals surface area contributed by atoms with Crippen molar-refractivity contribution in [2.75, 3.05) is 64.4 Å². The Kier molecular flexibility index (Phi) is 5.22. The first-order valence-electron chi connectivity index (χ1n) is 5.63. The van der Waals surface area contributed by atoms with Gasteiger partial charge in [-0.05, 0) is 0 Å². The third kappa shape index (κ3) is 4.28. The Morgan fingerprint density at radius 2 is 1.13 bits per heavy atom. The molecule has 2 rings (SSSR count). The van der Waals surface area contributed by atoms with Gasteiger partial charge < -0.3 is 9.47 Å². The summed E-state index contributed by atoms with van der Waals surface area (Å²) in [6.07, 6.45) is 0. The molecule has 4 nitrogen and oxygen atoms in total. The van der Waals surface area contributed by atoms with Gasteiger partial charge in [0.2, 0.25) is 0 Å². The highest BCUT2D eigenvalue weighted by Crippen LogP contribution is 2.09. The molecule has 0 unspecified atom stereocenters. The van der Waals surface area contributed by atoms with Gasteiger partial charge in [-0.1, -0.05) is 0 Å². The molecular weight excluding hydrogens is 212 g/mol. The van der Waals surface area contributed by atoms with Gasteiger partial charge >= 0.3 is 0 Å². The van der Waals surface area contributed by atoms with Crippen molar-refractivity contribution in [2.45, 2.75) is 0 Å². The molecule has 0 atom stereocenters. The molecule has 2 aliphatic rings. The lowest BCUT2D eigenvalue weighted by molar-refractivity contribution is 0.0445. The molecule has 2 fully saturated rings. The molecule has 0 spiro atoms. The van der Waals surface area contributed by atoms with E-state index in [1.807, 2.05) is 11.8 Å². The molecule has 0 radical (unpaired) electrons. The largest absolute Gasteiger partial charge is 0.379 e. The van der Waals surface area contributed by atoms with E-state index in [4.69, 9.17) is 9.47 Å². The fraction of sp³-hybridized carbons (Fsp3) is 1.00. The van der Waals surface area contributed by atoms with Gasteiger partial charge in [-0.2, -0.15) is 0 Å². The standard InChI is InChI=1S/C10H20N2O2S/c1-5-13-6-2-11(1)9-15-10-12-3-7-14-8-4-12/h1-10H2. The van der Waals surface area contributed by atoms with E-state index in [1.165, 1.54) is 0 Å². The summed E-state index contributed by atoms with van der Waals surface area (Å²) in [5, 5.41) is 0. The van der Waals surface area contributed by atoms with E-state index in [1.54, 1.807) is 0 Å². The van der Waals surface area contributed by atoms with Crippen LogP contribution in [0, 0.1) is 0 Å². The average Bonchev–Trinajstić information content (AvgIpc) is 2.32. The zero-order valence-electron chi connectivity index (χ0n) is 9.19. The van der Waals surface area contributed by atoms with Crippen LogP contribution in [-0.2, 0) is 9.47 Å². The second kappa shape index (κ2) is 6.70. The van der Waals surface area contributed by atoms with E-state index in [0.717, 1.165) is 64.4 Å². The number of nitrogens with zero attached hydrogens (tertiary/aromatic N) is 2. The number of rotatable bonds is 4. The van der Waals surface area contributed by atoms with Crippen LogP contribution in [0.4, 0.5) is 0 Å². The van der Waals surface area contributed by atoms with Gasteiger partial charge in [0, 0.05) is 37.9 Å². The molecule has 0 aliphatic carbocycles. The van der Waals surface area contributed by atoms with Gasteiger partial charge in [0.25, 0.3) is 0 Å². The van der Waals surface area contributed by atoms with Crippen LogP contribution in [0.15, 0.2) is 0 Å². The predicted molar refractivity (Wildman–Crippen MR) is 62.1 cm³/mol. The molecule has 15 heavy (non-hydrogen) atoms. The van der Waals surface area contributed by atoms with Crippen molar-refractivity contribution in [1.29, 1.82) is 0 Å². The van der Waals surface area contributed by atoms with Gasteiger partial charge in [-0.15, -0.1) is 11.8 Å². The first-order valence-corrected chi connectivity index (χ1v) is 6.78. The molecule has 2 heterocycles. The summed E-state index contributed by atoms with van der Waals surface area (Å²) < 4.78 is 10.6. The second-order valence-corrected chi connectivity index (χ2v) is 4.85. The Balaban J connectivity index is 1.53. The number of morpholine rings is 2. The predicted octanol–water partition coefficient (Wildman–Crippen LogP) is 0.299. The summed E-state index contributed by atoms with van der Waals surface area (Å²) in [4.78, 5) is 4.93. The van der Waals surface area contributed by atoms with Gasteiger partial charge in [-0.25, -0.2) is 0 Å². The molecule has 0 aromatic carbocycles. The zero-order chi connectivity index (χ0) is 10.3. The highest BCUT2D eigenvalue weighted by Gasteiger charge is 2.12. The fourth-order valence-electron chi connectivity index (χ4n) is 1.76. The normalized spacial score (nSPS) is 25.6. The SMILES string of the molecule is C1CN(CSCN2CCOCC2)CCO1. The van der Waals surface area contributed by atoms with Crippen LogP contribution in [0.2, 0.25) is 0 Å². The average molecular weight is 232 g/mol. The summed E-state index contributed by atoms with van der Waals surface area (Å²) in [6.45, 7) is 7.98. The molecule has 2 aliphatic heterocycles. The van der Waals surface area contributed by atoms with E-state index < -0.39 is 0 Å². The maximum absolute atomic E-state index is 5.32. The molecule has 88 valence electrons. The molecule has 2 saturated heterocycles. The van der Waals surface area contributed by atoms with Gasteiger partial charge in [0.05, 0.1) is 26.4 Å². The molecule has 0 amide bonds. The van der Waals surface area contributed by atoms with Crippen molar-refractivity contribution in [2.24, 2.45) is 0 Å². The number of ether oxygens (including phenoxy) is 2. The minimum absolute atomic E-state index is 0.901. The zero-order valence-corrected chi connectivity index (χ0v) is 10.0. The Labute approximate surface area is 95.9 Å². The maximum Gasteiger partial charge on any atom is 0.0594 e. The van der Waals surface area contributed by atoms with Crippen LogP contribution in [0.5, 0.6) is 0 Å². The molecule has 0 aromatic heterocycles. The topological polar surface area (TPSA) is 24.9 Å². The molecule has 0 N–H and O–H groups in total. The number of hydrogen-bond acceptors (Lipinski definition) is 5. The number of hydrogen-bond donors (Lipinski definition) is 0. The third-order valence-corrected chi connectivity index (χ3v) is 3.85. The van der Waals surface area contributed by atoms with Crippen molar-refractivity contribution >= 4 is 11.8 Å². The Bertz CT molecular complexity index is 153. The van der Waals surface area contributed by atoms with Gasteiger partial charge in [0.15, 0.2) is 0 Å². The summed E-state index contributed by atoms with van der Waals surface area (Å²) in [7, 11) is 0.